The summed E-state index contributed by atoms with van der Waals surface area (Å²) in [5, 5.41) is 5.58. The Kier molecular flexibility index (Phi) is 7.43. The second-order valence-electron chi connectivity index (χ2n) is 9.07. The lowest BCUT2D eigenvalue weighted by Crippen LogP contribution is -3.27. The standard InChI is InChI=1S/C21H35N5O2/c1-21(2,3)23-20(28)19(27)22-15-18(26-13-11-25(6)12-14-26)16-7-9-17(10-8-16)24(4)5/h7-10,18H,11-15H2,1-6H3,(H,22,27)(H,23,28)/p+2/t18-/m1/s1. The summed E-state index contributed by atoms with van der Waals surface area (Å²) in [6.07, 6.45) is 0. The predicted molar refractivity (Wildman–Crippen MR) is 112 cm³/mol. The molecule has 1 heterocycles. The van der Waals surface area contributed by atoms with Crippen molar-refractivity contribution in [2.45, 2.75) is 32.4 Å². The number of benzene rings is 1. The summed E-state index contributed by atoms with van der Waals surface area (Å²) >= 11 is 0. The maximum Gasteiger partial charge on any atom is 0.309 e. The zero-order chi connectivity index (χ0) is 20.9. The Morgan fingerprint density at radius 1 is 1.04 bits per heavy atom. The summed E-state index contributed by atoms with van der Waals surface area (Å²) < 4.78 is 0. The highest BCUT2D eigenvalue weighted by atomic mass is 16.2. The smallest absolute Gasteiger partial charge is 0.309 e. The Labute approximate surface area is 169 Å². The van der Waals surface area contributed by atoms with E-state index in [2.05, 4.69) is 46.8 Å². The van der Waals surface area contributed by atoms with E-state index in [0.717, 1.165) is 31.9 Å². The topological polar surface area (TPSA) is 70.3 Å². The van der Waals surface area contributed by atoms with Crippen LogP contribution in [0.2, 0.25) is 0 Å². The van der Waals surface area contributed by atoms with Crippen LogP contribution in [0.3, 0.4) is 0 Å². The summed E-state index contributed by atoms with van der Waals surface area (Å²) in [6, 6.07) is 8.63. The molecule has 1 aromatic carbocycles. The minimum absolute atomic E-state index is 0.135. The van der Waals surface area contributed by atoms with Crippen LogP contribution in [0.4, 0.5) is 5.69 Å². The first-order valence-corrected chi connectivity index (χ1v) is 10.1. The third kappa shape index (κ3) is 6.49. The Balaban J connectivity index is 2.10. The van der Waals surface area contributed by atoms with Gasteiger partial charge >= 0.3 is 11.8 Å². The van der Waals surface area contributed by atoms with Gasteiger partial charge in [0.05, 0.1) is 13.6 Å². The van der Waals surface area contributed by atoms with Crippen LogP contribution in [-0.2, 0) is 9.59 Å². The summed E-state index contributed by atoms with van der Waals surface area (Å²) in [5.74, 6) is -1.14. The number of carbonyl (C=O) groups is 2. The number of amides is 2. The van der Waals surface area contributed by atoms with Crippen LogP contribution in [0.1, 0.15) is 32.4 Å². The molecule has 156 valence electrons. The molecule has 2 rings (SSSR count). The Hall–Kier alpha value is -2.12. The number of nitrogens with one attached hydrogen (secondary N) is 4. The van der Waals surface area contributed by atoms with E-state index >= 15 is 0 Å². The van der Waals surface area contributed by atoms with Crippen molar-refractivity contribution in [1.29, 1.82) is 0 Å². The molecule has 1 saturated heterocycles. The Bertz CT molecular complexity index is 658. The van der Waals surface area contributed by atoms with E-state index in [-0.39, 0.29) is 6.04 Å². The average molecular weight is 392 g/mol. The second-order valence-corrected chi connectivity index (χ2v) is 9.07. The van der Waals surface area contributed by atoms with Crippen molar-refractivity contribution in [3.63, 3.8) is 0 Å². The zero-order valence-electron chi connectivity index (χ0n) is 18.2. The maximum atomic E-state index is 12.3. The van der Waals surface area contributed by atoms with Crippen LogP contribution >= 0.6 is 0 Å². The van der Waals surface area contributed by atoms with E-state index in [1.165, 1.54) is 10.5 Å². The number of anilines is 1. The third-order valence-electron chi connectivity index (χ3n) is 5.21. The van der Waals surface area contributed by atoms with Gasteiger partial charge in [-0.05, 0) is 32.9 Å². The number of likely N-dealkylation sites (N-methyl/N-ethyl adjacent to an activating group) is 1. The molecule has 1 aliphatic rings. The van der Waals surface area contributed by atoms with Crippen LogP contribution in [-0.4, -0.2) is 71.2 Å². The van der Waals surface area contributed by atoms with Gasteiger partial charge in [0.15, 0.2) is 0 Å². The Morgan fingerprint density at radius 2 is 1.61 bits per heavy atom. The Morgan fingerprint density at radius 3 is 2.11 bits per heavy atom. The van der Waals surface area contributed by atoms with Crippen LogP contribution in [0, 0.1) is 0 Å². The van der Waals surface area contributed by atoms with E-state index in [1.54, 1.807) is 4.90 Å². The highest BCUT2D eigenvalue weighted by Crippen LogP contribution is 2.16. The fourth-order valence-electron chi connectivity index (χ4n) is 3.52. The monoisotopic (exact) mass is 391 g/mol. The van der Waals surface area contributed by atoms with E-state index < -0.39 is 17.4 Å². The predicted octanol–water partition coefficient (Wildman–Crippen LogP) is -1.76. The van der Waals surface area contributed by atoms with Gasteiger partial charge in [0, 0.05) is 30.9 Å². The third-order valence-corrected chi connectivity index (χ3v) is 5.21. The highest BCUT2D eigenvalue weighted by molar-refractivity contribution is 6.35. The minimum atomic E-state index is -0.577. The second kappa shape index (κ2) is 9.39. The van der Waals surface area contributed by atoms with Crippen LogP contribution in [0.5, 0.6) is 0 Å². The average Bonchev–Trinajstić information content (AvgIpc) is 2.62. The van der Waals surface area contributed by atoms with Gasteiger partial charge in [0.25, 0.3) is 0 Å². The number of piperazine rings is 1. The quantitative estimate of drug-likeness (QED) is 0.450. The largest absolute Gasteiger partial charge is 0.378 e. The molecule has 0 aliphatic carbocycles. The summed E-state index contributed by atoms with van der Waals surface area (Å²) in [6.45, 7) is 10.4. The van der Waals surface area contributed by atoms with Crippen molar-refractivity contribution >= 4 is 17.5 Å². The lowest BCUT2D eigenvalue weighted by atomic mass is 10.0. The van der Waals surface area contributed by atoms with E-state index in [0.29, 0.717) is 6.54 Å². The van der Waals surface area contributed by atoms with Gasteiger partial charge in [-0.3, -0.25) is 9.59 Å². The van der Waals surface area contributed by atoms with Gasteiger partial charge in [-0.2, -0.15) is 0 Å². The van der Waals surface area contributed by atoms with Gasteiger partial charge < -0.3 is 25.3 Å². The first-order valence-electron chi connectivity index (χ1n) is 10.1. The van der Waals surface area contributed by atoms with Crippen molar-refractivity contribution in [2.24, 2.45) is 0 Å². The van der Waals surface area contributed by atoms with Crippen molar-refractivity contribution in [2.75, 3.05) is 58.8 Å². The molecular weight excluding hydrogens is 354 g/mol. The lowest BCUT2D eigenvalue weighted by Gasteiger charge is -2.33. The fourth-order valence-corrected chi connectivity index (χ4v) is 3.52. The highest BCUT2D eigenvalue weighted by Gasteiger charge is 2.30. The molecule has 28 heavy (non-hydrogen) atoms. The van der Waals surface area contributed by atoms with Crippen LogP contribution in [0.25, 0.3) is 0 Å². The number of nitrogens with zero attached hydrogens (tertiary/aromatic N) is 1. The SMILES string of the molecule is CN(C)c1ccc([C@@H](CNC(=O)C(=O)NC(C)(C)C)[NH+]2CC[NH+](C)CC2)cc1. The molecule has 0 saturated carbocycles. The summed E-state index contributed by atoms with van der Waals surface area (Å²) in [4.78, 5) is 29.5. The number of quaternary nitrogens is 2. The molecule has 1 fully saturated rings. The van der Waals surface area contributed by atoms with Crippen molar-refractivity contribution in [1.82, 2.24) is 10.6 Å². The van der Waals surface area contributed by atoms with Gasteiger partial charge in [0.2, 0.25) is 0 Å². The first kappa shape index (κ1) is 22.2. The normalized spacial score (nSPS) is 20.9. The molecular formula is C21H37N5O2+2. The molecule has 0 bridgehead atoms. The van der Waals surface area contributed by atoms with E-state index in [1.807, 2.05) is 34.9 Å². The summed E-state index contributed by atoms with van der Waals surface area (Å²) in [5.41, 5.74) is 1.91. The van der Waals surface area contributed by atoms with Gasteiger partial charge in [0.1, 0.15) is 32.2 Å². The van der Waals surface area contributed by atoms with Crippen molar-refractivity contribution in [3.8, 4) is 0 Å². The van der Waals surface area contributed by atoms with Crippen molar-refractivity contribution in [3.05, 3.63) is 29.8 Å². The molecule has 7 nitrogen and oxygen atoms in total. The van der Waals surface area contributed by atoms with E-state index in [4.69, 9.17) is 0 Å². The number of rotatable bonds is 5. The molecule has 7 heteroatoms. The molecule has 2 amide bonds. The number of carbonyl (C=O) groups excluding carboxylic acids is 2. The molecule has 0 spiro atoms. The van der Waals surface area contributed by atoms with Gasteiger partial charge in [-0.15, -0.1) is 0 Å². The number of hydrogen-bond donors (Lipinski definition) is 4. The molecule has 0 radical (unpaired) electrons. The lowest BCUT2D eigenvalue weighted by molar-refractivity contribution is -1.02. The minimum Gasteiger partial charge on any atom is -0.378 e. The van der Waals surface area contributed by atoms with Gasteiger partial charge in [-0.1, -0.05) is 12.1 Å². The molecule has 0 unspecified atom stereocenters. The number of hydrogen-bond acceptors (Lipinski definition) is 3. The van der Waals surface area contributed by atoms with Crippen molar-refractivity contribution < 1.29 is 19.4 Å². The molecule has 1 atom stereocenters. The van der Waals surface area contributed by atoms with Crippen LogP contribution < -0.4 is 25.3 Å². The molecule has 1 aromatic rings. The fraction of sp³-hybridized carbons (Fsp3) is 0.619. The molecule has 4 N–H and O–H groups in total. The molecule has 0 aromatic heterocycles. The first-order chi connectivity index (χ1) is 13.1. The maximum absolute atomic E-state index is 12.3. The molecule has 1 aliphatic heterocycles. The van der Waals surface area contributed by atoms with Gasteiger partial charge in [-0.25, -0.2) is 0 Å². The van der Waals surface area contributed by atoms with E-state index in [9.17, 15) is 9.59 Å². The summed E-state index contributed by atoms with van der Waals surface area (Å²) in [7, 11) is 6.26. The van der Waals surface area contributed by atoms with Crippen LogP contribution in [0.15, 0.2) is 24.3 Å². The zero-order valence-corrected chi connectivity index (χ0v) is 18.2.